The smallest absolute Gasteiger partial charge is 0.120 e. The van der Waals surface area contributed by atoms with Crippen LogP contribution >= 0.6 is 0 Å². The fraction of sp³-hybridized carbons (Fsp3) is 0.419. The van der Waals surface area contributed by atoms with Crippen LogP contribution < -0.4 is 15.4 Å². The molecule has 2 aliphatic rings. The van der Waals surface area contributed by atoms with Crippen LogP contribution in [0.2, 0.25) is 0 Å². The maximum Gasteiger partial charge on any atom is 0.120 e. The molecule has 5 rings (SSSR count). The lowest BCUT2D eigenvalue weighted by atomic mass is 9.86. The van der Waals surface area contributed by atoms with E-state index in [0.29, 0.717) is 12.5 Å². The molecule has 3 nitrogen and oxygen atoms in total. The summed E-state index contributed by atoms with van der Waals surface area (Å²) in [6, 6.07) is 25.6. The van der Waals surface area contributed by atoms with Crippen molar-refractivity contribution in [2.24, 2.45) is 5.92 Å². The van der Waals surface area contributed by atoms with E-state index in [9.17, 15) is 0 Å². The Kier molecular flexibility index (Phi) is 7.70. The molecule has 2 aliphatic carbocycles. The third-order valence-corrected chi connectivity index (χ3v) is 7.27. The molecule has 0 amide bonds. The lowest BCUT2D eigenvalue weighted by Gasteiger charge is -2.21. The number of anilines is 3. The Balaban J connectivity index is 1.17. The molecule has 3 heteroatoms. The van der Waals surface area contributed by atoms with Crippen molar-refractivity contribution < 1.29 is 4.74 Å². The summed E-state index contributed by atoms with van der Waals surface area (Å²) in [5.41, 5.74) is 6.10. The van der Waals surface area contributed by atoms with Crippen LogP contribution in [0.5, 0.6) is 5.75 Å². The van der Waals surface area contributed by atoms with E-state index in [4.69, 9.17) is 4.74 Å². The fourth-order valence-corrected chi connectivity index (χ4v) is 5.18. The van der Waals surface area contributed by atoms with Crippen molar-refractivity contribution in [2.75, 3.05) is 17.2 Å². The SMILES string of the molecule is c1ccc(COc2ccc(Nc3cccc(NCCCC4CCCCC4)c3)c(C3CC3)c2)cc1. The normalized spacial score (nSPS) is 16.2. The zero-order valence-electron chi connectivity index (χ0n) is 20.3. The standard InChI is InChI=1S/C31H38N2O/c1-3-9-24(10-4-1)13-8-20-32-27-14-7-15-28(21-27)33-31-19-18-29(22-30(31)26-16-17-26)34-23-25-11-5-2-6-12-25/h2,5-7,11-12,14-15,18-19,21-22,24,26,32-33H,1,3-4,8-10,13,16-17,20,23H2. The first-order valence-corrected chi connectivity index (χ1v) is 13.2. The number of nitrogens with one attached hydrogen (secondary N) is 2. The van der Waals surface area contributed by atoms with Gasteiger partial charge in [-0.3, -0.25) is 0 Å². The van der Waals surface area contributed by atoms with Gasteiger partial charge in [0.05, 0.1) is 0 Å². The highest BCUT2D eigenvalue weighted by atomic mass is 16.5. The van der Waals surface area contributed by atoms with Gasteiger partial charge in [-0.15, -0.1) is 0 Å². The highest BCUT2D eigenvalue weighted by Gasteiger charge is 2.26. The van der Waals surface area contributed by atoms with Crippen molar-refractivity contribution in [1.82, 2.24) is 0 Å². The third-order valence-electron chi connectivity index (χ3n) is 7.27. The third kappa shape index (κ3) is 6.56. The van der Waals surface area contributed by atoms with Gasteiger partial charge in [0.25, 0.3) is 0 Å². The Morgan fingerprint density at radius 3 is 2.41 bits per heavy atom. The van der Waals surface area contributed by atoms with Gasteiger partial charge in [0.2, 0.25) is 0 Å². The van der Waals surface area contributed by atoms with Crippen molar-refractivity contribution in [3.8, 4) is 5.75 Å². The molecular weight excluding hydrogens is 416 g/mol. The van der Waals surface area contributed by atoms with Crippen LogP contribution in [0.4, 0.5) is 17.1 Å². The van der Waals surface area contributed by atoms with Crippen LogP contribution in [0, 0.1) is 5.92 Å². The summed E-state index contributed by atoms with van der Waals surface area (Å²) >= 11 is 0. The largest absolute Gasteiger partial charge is 0.489 e. The molecule has 0 spiro atoms. The molecule has 0 saturated heterocycles. The zero-order chi connectivity index (χ0) is 23.0. The summed E-state index contributed by atoms with van der Waals surface area (Å²) in [6.07, 6.45) is 12.4. The molecule has 178 valence electrons. The molecule has 3 aromatic carbocycles. The number of ether oxygens (including phenoxy) is 1. The summed E-state index contributed by atoms with van der Waals surface area (Å²) < 4.78 is 6.10. The van der Waals surface area contributed by atoms with Gasteiger partial charge in [-0.1, -0.05) is 68.5 Å². The molecule has 0 atom stereocenters. The quantitative estimate of drug-likeness (QED) is 0.284. The summed E-state index contributed by atoms with van der Waals surface area (Å²) in [4.78, 5) is 0. The van der Waals surface area contributed by atoms with Crippen LogP contribution in [0.25, 0.3) is 0 Å². The maximum absolute atomic E-state index is 6.10. The second-order valence-electron chi connectivity index (χ2n) is 10.1. The Morgan fingerprint density at radius 2 is 1.59 bits per heavy atom. The van der Waals surface area contributed by atoms with Crippen LogP contribution in [-0.4, -0.2) is 6.54 Å². The van der Waals surface area contributed by atoms with E-state index in [-0.39, 0.29) is 0 Å². The van der Waals surface area contributed by atoms with Gasteiger partial charge in [0.1, 0.15) is 12.4 Å². The predicted octanol–water partition coefficient (Wildman–Crippen LogP) is 8.66. The molecule has 0 aliphatic heterocycles. The first kappa shape index (κ1) is 22.8. The Morgan fingerprint density at radius 1 is 0.765 bits per heavy atom. The zero-order valence-corrected chi connectivity index (χ0v) is 20.3. The van der Waals surface area contributed by atoms with Crippen molar-refractivity contribution in [1.29, 1.82) is 0 Å². The molecule has 0 unspecified atom stereocenters. The lowest BCUT2D eigenvalue weighted by Crippen LogP contribution is -2.09. The minimum Gasteiger partial charge on any atom is -0.489 e. The molecule has 0 bridgehead atoms. The van der Waals surface area contributed by atoms with Crippen molar-refractivity contribution >= 4 is 17.1 Å². The second-order valence-corrected chi connectivity index (χ2v) is 10.1. The first-order valence-electron chi connectivity index (χ1n) is 13.2. The molecule has 0 radical (unpaired) electrons. The molecule has 2 saturated carbocycles. The summed E-state index contributed by atoms with van der Waals surface area (Å²) in [5.74, 6) is 2.55. The molecule has 0 heterocycles. The van der Waals surface area contributed by atoms with Crippen LogP contribution in [0.15, 0.2) is 72.8 Å². The maximum atomic E-state index is 6.10. The monoisotopic (exact) mass is 454 g/mol. The molecular formula is C31H38N2O. The summed E-state index contributed by atoms with van der Waals surface area (Å²) in [5, 5.41) is 7.32. The number of benzene rings is 3. The number of rotatable bonds is 11. The van der Waals surface area contributed by atoms with E-state index in [1.165, 1.54) is 80.3 Å². The van der Waals surface area contributed by atoms with Crippen molar-refractivity contribution in [3.05, 3.63) is 83.9 Å². The van der Waals surface area contributed by atoms with Gasteiger partial charge in [-0.25, -0.2) is 0 Å². The van der Waals surface area contributed by atoms with Gasteiger partial charge in [0.15, 0.2) is 0 Å². The van der Waals surface area contributed by atoms with Gasteiger partial charge >= 0.3 is 0 Å². The Labute approximate surface area is 204 Å². The van der Waals surface area contributed by atoms with Gasteiger partial charge in [-0.05, 0) is 85.0 Å². The Hall–Kier alpha value is -2.94. The minimum atomic E-state index is 0.603. The van der Waals surface area contributed by atoms with E-state index >= 15 is 0 Å². The number of hydrogen-bond donors (Lipinski definition) is 2. The topological polar surface area (TPSA) is 33.3 Å². The van der Waals surface area contributed by atoms with E-state index < -0.39 is 0 Å². The molecule has 3 aromatic rings. The lowest BCUT2D eigenvalue weighted by molar-refractivity contribution is 0.306. The molecule has 34 heavy (non-hydrogen) atoms. The summed E-state index contributed by atoms with van der Waals surface area (Å²) in [6.45, 7) is 1.66. The first-order chi connectivity index (χ1) is 16.8. The minimum absolute atomic E-state index is 0.603. The Bertz CT molecular complexity index is 1040. The second kappa shape index (κ2) is 11.5. The molecule has 0 aromatic heterocycles. The predicted molar refractivity (Wildman–Crippen MR) is 143 cm³/mol. The summed E-state index contributed by atoms with van der Waals surface area (Å²) in [7, 11) is 0. The molecule has 2 N–H and O–H groups in total. The highest BCUT2D eigenvalue weighted by Crippen LogP contribution is 2.45. The van der Waals surface area contributed by atoms with Crippen molar-refractivity contribution in [3.63, 3.8) is 0 Å². The van der Waals surface area contributed by atoms with Crippen LogP contribution in [-0.2, 0) is 6.61 Å². The fourth-order valence-electron chi connectivity index (χ4n) is 5.18. The van der Waals surface area contributed by atoms with Gasteiger partial charge in [0, 0.05) is 23.6 Å². The van der Waals surface area contributed by atoms with E-state index in [1.807, 2.05) is 6.07 Å². The van der Waals surface area contributed by atoms with Gasteiger partial charge in [-0.2, -0.15) is 0 Å². The van der Waals surface area contributed by atoms with Gasteiger partial charge < -0.3 is 15.4 Å². The highest BCUT2D eigenvalue weighted by molar-refractivity contribution is 5.68. The van der Waals surface area contributed by atoms with E-state index in [1.54, 1.807) is 0 Å². The average Bonchev–Trinajstić information content (AvgIpc) is 3.73. The van der Waals surface area contributed by atoms with Crippen LogP contribution in [0.3, 0.4) is 0 Å². The molecule has 2 fully saturated rings. The van der Waals surface area contributed by atoms with Crippen molar-refractivity contribution in [2.45, 2.75) is 70.3 Å². The van der Waals surface area contributed by atoms with E-state index in [0.717, 1.165) is 23.9 Å². The average molecular weight is 455 g/mol. The van der Waals surface area contributed by atoms with E-state index in [2.05, 4.69) is 77.4 Å². The van der Waals surface area contributed by atoms with Crippen LogP contribution in [0.1, 0.15) is 74.8 Å². The number of hydrogen-bond acceptors (Lipinski definition) is 3.